The van der Waals surface area contributed by atoms with Gasteiger partial charge in [-0.1, -0.05) is 77.6 Å². The predicted molar refractivity (Wildman–Crippen MR) is 99.8 cm³/mol. The molecule has 0 spiro atoms. The van der Waals surface area contributed by atoms with E-state index in [4.69, 9.17) is 0 Å². The molecule has 4 nitrogen and oxygen atoms in total. The Bertz CT molecular complexity index is 522. The number of nitrogens with zero attached hydrogens (tertiary/aromatic N) is 1. The molecule has 24 heavy (non-hydrogen) atoms. The van der Waals surface area contributed by atoms with Gasteiger partial charge in [0.15, 0.2) is 11.5 Å². The molecule has 1 aromatic heterocycles. The monoisotopic (exact) mass is 337 g/mol. The number of unbranched alkanes of at least 4 members (excludes halogenated alkanes) is 11. The standard InChI is InChI=1S/C20H35NO3/c1-3-4-5-6-7-8-9-10-11-12-13-14-15-21-17(2)20(24)18(22)16-19(21)23/h16,22,24H,3-15H2,1-2H3. The summed E-state index contributed by atoms with van der Waals surface area (Å²) < 4.78 is 1.55. The minimum absolute atomic E-state index is 0.187. The summed E-state index contributed by atoms with van der Waals surface area (Å²) >= 11 is 0. The molecule has 0 aromatic carbocycles. The largest absolute Gasteiger partial charge is 0.504 e. The van der Waals surface area contributed by atoms with Crippen LogP contribution in [0.1, 0.15) is 89.7 Å². The summed E-state index contributed by atoms with van der Waals surface area (Å²) in [6.07, 6.45) is 15.4. The number of hydrogen-bond donors (Lipinski definition) is 2. The van der Waals surface area contributed by atoms with E-state index in [1.54, 1.807) is 11.5 Å². The van der Waals surface area contributed by atoms with Crippen molar-refractivity contribution in [2.24, 2.45) is 0 Å². The second kappa shape index (κ2) is 12.0. The van der Waals surface area contributed by atoms with Gasteiger partial charge in [-0.3, -0.25) is 4.79 Å². The maximum atomic E-state index is 11.8. The second-order valence-electron chi connectivity index (χ2n) is 6.84. The summed E-state index contributed by atoms with van der Waals surface area (Å²) in [7, 11) is 0. The zero-order chi connectivity index (χ0) is 17.8. The summed E-state index contributed by atoms with van der Waals surface area (Å²) in [5, 5.41) is 19.1. The Balaban J connectivity index is 2.07. The summed E-state index contributed by atoms with van der Waals surface area (Å²) in [5.74, 6) is -0.517. The lowest BCUT2D eigenvalue weighted by atomic mass is 10.1. The zero-order valence-corrected chi connectivity index (χ0v) is 15.5. The fraction of sp³-hybridized carbons (Fsp3) is 0.750. The van der Waals surface area contributed by atoms with Crippen molar-refractivity contribution in [2.45, 2.75) is 97.4 Å². The third-order valence-electron chi connectivity index (χ3n) is 4.75. The highest BCUT2D eigenvalue weighted by molar-refractivity contribution is 5.39. The smallest absolute Gasteiger partial charge is 0.254 e. The van der Waals surface area contributed by atoms with Gasteiger partial charge in [0, 0.05) is 12.6 Å². The van der Waals surface area contributed by atoms with Gasteiger partial charge < -0.3 is 14.8 Å². The summed E-state index contributed by atoms with van der Waals surface area (Å²) in [5.41, 5.74) is 0.203. The van der Waals surface area contributed by atoms with E-state index in [1.807, 2.05) is 0 Å². The molecular weight excluding hydrogens is 302 g/mol. The van der Waals surface area contributed by atoms with Crippen molar-refractivity contribution in [3.05, 3.63) is 22.1 Å². The van der Waals surface area contributed by atoms with E-state index in [2.05, 4.69) is 6.92 Å². The predicted octanol–water partition coefficient (Wildman–Crippen LogP) is 5.27. The van der Waals surface area contributed by atoms with Gasteiger partial charge in [-0.05, 0) is 13.3 Å². The number of aromatic hydroxyl groups is 2. The number of hydrogen-bond acceptors (Lipinski definition) is 3. The Morgan fingerprint density at radius 2 is 1.29 bits per heavy atom. The van der Waals surface area contributed by atoms with Gasteiger partial charge in [0.05, 0.1) is 5.69 Å². The Hall–Kier alpha value is -1.45. The molecule has 0 saturated carbocycles. The maximum Gasteiger partial charge on any atom is 0.254 e. The van der Waals surface area contributed by atoms with Gasteiger partial charge in [0.25, 0.3) is 5.56 Å². The van der Waals surface area contributed by atoms with Gasteiger partial charge in [0.1, 0.15) is 0 Å². The molecule has 0 amide bonds. The maximum absolute atomic E-state index is 11.8. The van der Waals surface area contributed by atoms with Crippen LogP contribution < -0.4 is 5.56 Å². The molecule has 0 bridgehead atoms. The van der Waals surface area contributed by atoms with E-state index in [-0.39, 0.29) is 17.1 Å². The molecular formula is C20H35NO3. The van der Waals surface area contributed by atoms with Gasteiger partial charge in [0.2, 0.25) is 0 Å². The van der Waals surface area contributed by atoms with Crippen molar-refractivity contribution < 1.29 is 10.2 Å². The van der Waals surface area contributed by atoms with E-state index in [1.165, 1.54) is 64.2 Å². The first-order valence-electron chi connectivity index (χ1n) is 9.70. The normalized spacial score (nSPS) is 11.1. The van der Waals surface area contributed by atoms with E-state index in [0.717, 1.165) is 18.9 Å². The van der Waals surface area contributed by atoms with Crippen LogP contribution in [0.25, 0.3) is 0 Å². The minimum Gasteiger partial charge on any atom is -0.504 e. The van der Waals surface area contributed by atoms with Gasteiger partial charge in [-0.25, -0.2) is 0 Å². The molecule has 2 N–H and O–H groups in total. The van der Waals surface area contributed by atoms with Crippen LogP contribution in [0, 0.1) is 6.92 Å². The molecule has 0 fully saturated rings. The summed E-state index contributed by atoms with van der Waals surface area (Å²) in [4.78, 5) is 11.8. The van der Waals surface area contributed by atoms with Gasteiger partial charge in [-0.2, -0.15) is 0 Å². The Morgan fingerprint density at radius 1 is 0.833 bits per heavy atom. The van der Waals surface area contributed by atoms with Gasteiger partial charge in [-0.15, -0.1) is 0 Å². The van der Waals surface area contributed by atoms with Crippen molar-refractivity contribution >= 4 is 0 Å². The van der Waals surface area contributed by atoms with Crippen LogP contribution in [0.4, 0.5) is 0 Å². The molecule has 0 unspecified atom stereocenters. The molecule has 1 heterocycles. The van der Waals surface area contributed by atoms with Crippen molar-refractivity contribution in [2.75, 3.05) is 0 Å². The third kappa shape index (κ3) is 7.41. The highest BCUT2D eigenvalue weighted by atomic mass is 16.3. The molecule has 0 saturated heterocycles. The van der Waals surface area contributed by atoms with E-state index >= 15 is 0 Å². The molecule has 138 valence electrons. The van der Waals surface area contributed by atoms with E-state index in [0.29, 0.717) is 12.2 Å². The topological polar surface area (TPSA) is 62.5 Å². The lowest BCUT2D eigenvalue weighted by Gasteiger charge is -2.11. The van der Waals surface area contributed by atoms with Crippen LogP contribution in [0.5, 0.6) is 11.5 Å². The van der Waals surface area contributed by atoms with Crippen LogP contribution in [-0.2, 0) is 6.54 Å². The lowest BCUT2D eigenvalue weighted by Crippen LogP contribution is -2.21. The number of pyridine rings is 1. The average Bonchev–Trinajstić information content (AvgIpc) is 2.56. The molecule has 1 rings (SSSR count). The SMILES string of the molecule is CCCCCCCCCCCCCCn1c(C)c(O)c(O)cc1=O. The fourth-order valence-corrected chi connectivity index (χ4v) is 3.13. The van der Waals surface area contributed by atoms with Crippen LogP contribution in [-0.4, -0.2) is 14.8 Å². The summed E-state index contributed by atoms with van der Waals surface area (Å²) in [6, 6.07) is 1.09. The molecule has 0 aliphatic rings. The molecule has 0 aliphatic heterocycles. The number of rotatable bonds is 13. The average molecular weight is 338 g/mol. The van der Waals surface area contributed by atoms with E-state index in [9.17, 15) is 15.0 Å². The molecule has 0 atom stereocenters. The first kappa shape index (κ1) is 20.6. The Labute approximate surface area is 146 Å². The lowest BCUT2D eigenvalue weighted by molar-refractivity contribution is 0.389. The van der Waals surface area contributed by atoms with Crippen LogP contribution >= 0.6 is 0 Å². The summed E-state index contributed by atoms with van der Waals surface area (Å²) in [6.45, 7) is 4.52. The van der Waals surface area contributed by atoms with Crippen LogP contribution in [0.3, 0.4) is 0 Å². The highest BCUT2D eigenvalue weighted by Crippen LogP contribution is 2.25. The molecule has 4 heteroatoms. The third-order valence-corrected chi connectivity index (χ3v) is 4.75. The zero-order valence-electron chi connectivity index (χ0n) is 15.5. The minimum atomic E-state index is -0.330. The van der Waals surface area contributed by atoms with Crippen molar-refractivity contribution in [3.8, 4) is 11.5 Å². The van der Waals surface area contributed by atoms with Gasteiger partial charge >= 0.3 is 0 Å². The second-order valence-corrected chi connectivity index (χ2v) is 6.84. The Kier molecular flexibility index (Phi) is 10.3. The molecule has 0 aliphatic carbocycles. The van der Waals surface area contributed by atoms with Crippen molar-refractivity contribution in [1.82, 2.24) is 4.57 Å². The van der Waals surface area contributed by atoms with Crippen LogP contribution in [0.15, 0.2) is 10.9 Å². The molecule has 1 aromatic rings. The van der Waals surface area contributed by atoms with Crippen molar-refractivity contribution in [1.29, 1.82) is 0 Å². The Morgan fingerprint density at radius 3 is 1.79 bits per heavy atom. The first-order valence-corrected chi connectivity index (χ1v) is 9.70. The number of aromatic nitrogens is 1. The quantitative estimate of drug-likeness (QED) is 0.482. The van der Waals surface area contributed by atoms with Crippen LogP contribution in [0.2, 0.25) is 0 Å². The highest BCUT2D eigenvalue weighted by Gasteiger charge is 2.10. The first-order chi connectivity index (χ1) is 11.6. The van der Waals surface area contributed by atoms with E-state index < -0.39 is 0 Å². The molecule has 0 radical (unpaired) electrons. The fourth-order valence-electron chi connectivity index (χ4n) is 3.13. The van der Waals surface area contributed by atoms with Crippen molar-refractivity contribution in [3.63, 3.8) is 0 Å².